The van der Waals surface area contributed by atoms with Gasteiger partial charge in [0.05, 0.1) is 0 Å². The van der Waals surface area contributed by atoms with Crippen LogP contribution in [0.1, 0.15) is 74.9 Å². The summed E-state index contributed by atoms with van der Waals surface area (Å²) in [6.07, 6.45) is 0. The van der Waals surface area contributed by atoms with E-state index in [4.69, 9.17) is 0 Å². The van der Waals surface area contributed by atoms with Crippen LogP contribution in [0.25, 0.3) is 77.2 Å². The van der Waals surface area contributed by atoms with Crippen LogP contribution in [-0.4, -0.2) is 0 Å². The molecule has 0 fully saturated rings. The van der Waals surface area contributed by atoms with Crippen molar-refractivity contribution in [3.63, 3.8) is 0 Å². The van der Waals surface area contributed by atoms with Crippen LogP contribution in [0, 0.1) is 0 Å². The van der Waals surface area contributed by atoms with E-state index in [1.54, 1.807) is 0 Å². The monoisotopic (exact) mass is 678 g/mol. The quantitative estimate of drug-likeness (QED) is 0.160. The molecular formula is C53H42. The molecule has 0 radical (unpaired) electrons. The second kappa shape index (κ2) is 10.2. The van der Waals surface area contributed by atoms with Gasteiger partial charge in [-0.05, 0) is 123 Å². The minimum Gasteiger partial charge on any atom is -0.0619 e. The molecule has 0 amide bonds. The van der Waals surface area contributed by atoms with Crippen LogP contribution in [0.2, 0.25) is 0 Å². The van der Waals surface area contributed by atoms with E-state index in [-0.39, 0.29) is 16.2 Å². The summed E-state index contributed by atoms with van der Waals surface area (Å²) >= 11 is 0. The summed E-state index contributed by atoms with van der Waals surface area (Å²) in [5.41, 5.74) is 21.9. The maximum absolute atomic E-state index is 2.59. The van der Waals surface area contributed by atoms with Gasteiger partial charge in [-0.2, -0.15) is 0 Å². The van der Waals surface area contributed by atoms with E-state index in [2.05, 4.69) is 187 Å². The summed E-state index contributed by atoms with van der Waals surface area (Å²) in [5, 5.41) is 5.21. The molecule has 0 aromatic heterocycles. The van der Waals surface area contributed by atoms with Crippen LogP contribution in [0.3, 0.4) is 0 Å². The molecule has 53 heavy (non-hydrogen) atoms. The first kappa shape index (κ1) is 30.9. The molecule has 0 heterocycles. The lowest BCUT2D eigenvalue weighted by molar-refractivity contribution is 0.648. The van der Waals surface area contributed by atoms with E-state index in [0.717, 1.165) is 0 Å². The predicted octanol–water partition coefficient (Wildman–Crippen LogP) is 14.2. The molecule has 0 bridgehead atoms. The normalized spacial score (nSPS) is 16.2. The van der Waals surface area contributed by atoms with E-state index < -0.39 is 0 Å². The molecule has 8 aromatic carbocycles. The predicted molar refractivity (Wildman–Crippen MR) is 225 cm³/mol. The van der Waals surface area contributed by atoms with Gasteiger partial charge in [-0.3, -0.25) is 0 Å². The Morgan fingerprint density at radius 2 is 0.717 bits per heavy atom. The van der Waals surface area contributed by atoms with Gasteiger partial charge < -0.3 is 0 Å². The minimum atomic E-state index is -0.153. The maximum Gasteiger partial charge on any atom is 0.0165 e. The third kappa shape index (κ3) is 3.81. The van der Waals surface area contributed by atoms with Gasteiger partial charge in [-0.15, -0.1) is 0 Å². The van der Waals surface area contributed by atoms with E-state index in [0.29, 0.717) is 0 Å². The Kier molecular flexibility index (Phi) is 5.96. The highest BCUT2D eigenvalue weighted by Gasteiger charge is 2.46. The zero-order valence-electron chi connectivity index (χ0n) is 31.4. The molecule has 0 saturated heterocycles. The van der Waals surface area contributed by atoms with Gasteiger partial charge in [0, 0.05) is 16.2 Å². The fraction of sp³-hybridized carbons (Fsp3) is 0.170. The van der Waals surface area contributed by atoms with Crippen LogP contribution >= 0.6 is 0 Å². The average molecular weight is 679 g/mol. The SMILES string of the molecule is CC1(C)c2ccccc2-c2cc(-c3c4ccccc4c(-c4cc5c(c6c4-c4ccccc4C6(C)C)-c4ccccc4C5(C)C)c4ccccc34)ccc21. The molecule has 0 saturated carbocycles. The van der Waals surface area contributed by atoms with Crippen molar-refractivity contribution >= 4 is 21.5 Å². The maximum atomic E-state index is 2.59. The molecule has 0 spiro atoms. The Balaban J connectivity index is 1.27. The van der Waals surface area contributed by atoms with Crippen LogP contribution in [-0.2, 0) is 16.2 Å². The van der Waals surface area contributed by atoms with Crippen LogP contribution < -0.4 is 0 Å². The summed E-state index contributed by atoms with van der Waals surface area (Å²) in [6.45, 7) is 14.5. The summed E-state index contributed by atoms with van der Waals surface area (Å²) in [7, 11) is 0. The number of rotatable bonds is 2. The van der Waals surface area contributed by atoms with Crippen LogP contribution in [0.4, 0.5) is 0 Å². The standard InChI is InChI=1S/C53H42/c1-51(2)41-24-14-11-17-32(41)39-29-31(27-28-44(39)51)46-33-18-7-9-20-35(33)47(36-21-10-8-19-34(36)46)40-30-45-49(38-23-13-15-25-42(38)52(45,3)4)50-48(40)37-22-12-16-26-43(37)53(50,5)6/h7-30H,1-6H3. The second-order valence-corrected chi connectivity index (χ2v) is 17.2. The van der Waals surface area contributed by atoms with E-state index in [1.807, 2.05) is 0 Å². The van der Waals surface area contributed by atoms with Crippen molar-refractivity contribution in [1.29, 1.82) is 0 Å². The van der Waals surface area contributed by atoms with Gasteiger partial charge in [0.1, 0.15) is 0 Å². The summed E-state index contributed by atoms with van der Waals surface area (Å²) in [4.78, 5) is 0. The lowest BCUT2D eigenvalue weighted by Gasteiger charge is -2.28. The van der Waals surface area contributed by atoms with Crippen molar-refractivity contribution < 1.29 is 0 Å². The van der Waals surface area contributed by atoms with Crippen molar-refractivity contribution in [3.8, 4) is 55.6 Å². The summed E-state index contributed by atoms with van der Waals surface area (Å²) in [5.74, 6) is 0. The van der Waals surface area contributed by atoms with E-state index in [1.165, 1.54) is 111 Å². The van der Waals surface area contributed by atoms with Gasteiger partial charge in [0.2, 0.25) is 0 Å². The van der Waals surface area contributed by atoms with Gasteiger partial charge in [0.15, 0.2) is 0 Å². The zero-order valence-corrected chi connectivity index (χ0v) is 31.4. The molecule has 254 valence electrons. The fourth-order valence-corrected chi connectivity index (χ4v) is 10.9. The Labute approximate surface area is 312 Å². The first-order valence-electron chi connectivity index (χ1n) is 19.2. The topological polar surface area (TPSA) is 0 Å². The first-order chi connectivity index (χ1) is 25.6. The highest BCUT2D eigenvalue weighted by Crippen LogP contribution is 2.62. The zero-order chi connectivity index (χ0) is 36.0. The van der Waals surface area contributed by atoms with Crippen molar-refractivity contribution in [2.24, 2.45) is 0 Å². The van der Waals surface area contributed by atoms with Crippen LogP contribution in [0.15, 0.2) is 146 Å². The van der Waals surface area contributed by atoms with Gasteiger partial charge >= 0.3 is 0 Å². The second-order valence-electron chi connectivity index (χ2n) is 17.2. The lowest BCUT2D eigenvalue weighted by atomic mass is 9.74. The summed E-state index contributed by atoms with van der Waals surface area (Å²) in [6, 6.07) is 55.5. The molecule has 3 aliphatic rings. The Bertz CT molecular complexity index is 2850. The fourth-order valence-electron chi connectivity index (χ4n) is 10.9. The smallest absolute Gasteiger partial charge is 0.0165 e. The largest absolute Gasteiger partial charge is 0.0619 e. The van der Waals surface area contributed by atoms with Crippen molar-refractivity contribution in [1.82, 2.24) is 0 Å². The molecule has 3 aliphatic carbocycles. The highest BCUT2D eigenvalue weighted by molar-refractivity contribution is 6.23. The van der Waals surface area contributed by atoms with Crippen LogP contribution in [0.5, 0.6) is 0 Å². The van der Waals surface area contributed by atoms with Gasteiger partial charge in [-0.1, -0.05) is 175 Å². The molecule has 0 unspecified atom stereocenters. The minimum absolute atomic E-state index is 0.0239. The average Bonchev–Trinajstić information content (AvgIpc) is 3.66. The number of fused-ring (bicyclic) bond motifs is 12. The molecule has 11 rings (SSSR count). The molecule has 0 nitrogen and oxygen atoms in total. The molecule has 0 heteroatoms. The number of benzene rings is 8. The Morgan fingerprint density at radius 3 is 1.32 bits per heavy atom. The molecule has 0 atom stereocenters. The van der Waals surface area contributed by atoms with Gasteiger partial charge in [0.25, 0.3) is 0 Å². The third-order valence-electron chi connectivity index (χ3n) is 13.4. The number of hydrogen-bond donors (Lipinski definition) is 0. The van der Waals surface area contributed by atoms with Crippen molar-refractivity contribution in [3.05, 3.63) is 179 Å². The van der Waals surface area contributed by atoms with E-state index in [9.17, 15) is 0 Å². The molecule has 8 aromatic rings. The highest BCUT2D eigenvalue weighted by atomic mass is 14.5. The third-order valence-corrected chi connectivity index (χ3v) is 13.4. The van der Waals surface area contributed by atoms with Crippen molar-refractivity contribution in [2.75, 3.05) is 0 Å². The number of hydrogen-bond acceptors (Lipinski definition) is 0. The Hall–Kier alpha value is -5.72. The van der Waals surface area contributed by atoms with Crippen molar-refractivity contribution in [2.45, 2.75) is 57.8 Å². The van der Waals surface area contributed by atoms with E-state index >= 15 is 0 Å². The lowest BCUT2D eigenvalue weighted by Crippen LogP contribution is -2.18. The first-order valence-corrected chi connectivity index (χ1v) is 19.2. The molecular weight excluding hydrogens is 637 g/mol. The molecule has 0 aliphatic heterocycles. The molecule has 0 N–H and O–H groups in total. The van der Waals surface area contributed by atoms with Gasteiger partial charge in [-0.25, -0.2) is 0 Å². The summed E-state index contributed by atoms with van der Waals surface area (Å²) < 4.78 is 0. The Morgan fingerprint density at radius 1 is 0.283 bits per heavy atom.